The Kier molecular flexibility index (Phi) is 5.72. The summed E-state index contributed by atoms with van der Waals surface area (Å²) in [4.78, 5) is 0. The van der Waals surface area contributed by atoms with E-state index in [2.05, 4.69) is 20.4 Å². The van der Waals surface area contributed by atoms with Crippen molar-refractivity contribution in [3.05, 3.63) is 12.2 Å². The molecule has 6 fully saturated rings. The van der Waals surface area contributed by atoms with Crippen molar-refractivity contribution in [2.45, 2.75) is 107 Å². The Morgan fingerprint density at radius 1 is 0.892 bits per heavy atom. The predicted octanol–water partition coefficient (Wildman–Crippen LogP) is -1.35. The lowest BCUT2D eigenvalue weighted by molar-refractivity contribution is -0.367. The third-order valence-electron chi connectivity index (χ3n) is 12.3. The third kappa shape index (κ3) is 2.90. The van der Waals surface area contributed by atoms with Crippen molar-refractivity contribution in [3.8, 4) is 0 Å². The van der Waals surface area contributed by atoms with Crippen LogP contribution in [0.5, 0.6) is 0 Å². The highest BCUT2D eigenvalue weighted by molar-refractivity contribution is 5.27. The lowest BCUT2D eigenvalue weighted by Gasteiger charge is -2.69. The van der Waals surface area contributed by atoms with Crippen LogP contribution in [0, 0.1) is 40.4 Å². The fourth-order valence-electron chi connectivity index (χ4n) is 10.3. The lowest BCUT2D eigenvalue weighted by atomic mass is 9.40. The molecule has 17 atom stereocenters. The average Bonchev–Trinajstić information content (AvgIpc) is 3.30. The highest BCUT2D eigenvalue weighted by Crippen LogP contribution is 2.71. The summed E-state index contributed by atoms with van der Waals surface area (Å²) in [6.45, 7) is 9.90. The van der Waals surface area contributed by atoms with Gasteiger partial charge in [0.25, 0.3) is 0 Å². The van der Waals surface area contributed by atoms with E-state index in [1.165, 1.54) is 0 Å². The molecular weight excluding hydrogens is 484 g/mol. The first-order chi connectivity index (χ1) is 17.2. The molecule has 10 nitrogen and oxygen atoms in total. The summed E-state index contributed by atoms with van der Waals surface area (Å²) in [5.74, 6) is -2.13. The van der Waals surface area contributed by atoms with Crippen molar-refractivity contribution < 1.29 is 50.3 Å². The summed E-state index contributed by atoms with van der Waals surface area (Å²) in [5, 5.41) is 88.0. The summed E-state index contributed by atoms with van der Waals surface area (Å²) in [6, 6.07) is 0. The van der Waals surface area contributed by atoms with E-state index in [0.717, 1.165) is 0 Å². The average molecular weight is 527 g/mol. The van der Waals surface area contributed by atoms with Crippen LogP contribution in [-0.2, 0) is 9.47 Å². The van der Waals surface area contributed by atoms with Gasteiger partial charge in [0.1, 0.15) is 30.0 Å². The molecule has 0 bridgehead atoms. The second kappa shape index (κ2) is 7.96. The number of hydrogen-bond donors (Lipinski definition) is 8. The molecule has 2 heterocycles. The predicted molar refractivity (Wildman–Crippen MR) is 127 cm³/mol. The molecule has 4 saturated carbocycles. The summed E-state index contributed by atoms with van der Waals surface area (Å²) in [6.07, 6.45) is -9.32. The highest BCUT2D eigenvalue weighted by Gasteiger charge is 2.78. The van der Waals surface area contributed by atoms with Gasteiger partial charge in [0.2, 0.25) is 0 Å². The van der Waals surface area contributed by atoms with E-state index in [0.29, 0.717) is 31.3 Å². The number of fused-ring (bicyclic) bond motifs is 7. The Morgan fingerprint density at radius 3 is 2.16 bits per heavy atom. The molecule has 0 unspecified atom stereocenters. The van der Waals surface area contributed by atoms with Gasteiger partial charge in [0.05, 0.1) is 31.0 Å². The van der Waals surface area contributed by atoms with Crippen LogP contribution in [0.2, 0.25) is 0 Å². The molecule has 6 aliphatic rings. The SMILES string of the molecule is C=C1CO[C@]2(C[C@@H]1O)O[C@H]1C[C@H]3[C@@H]4[C@H](O)[C@@H](O)[C@]5(O)[C@@H](O)[C@@H](O)[C@@H](O)[C@@H](O)[C@]5(C)[C@H]4CC[C@]3(C)[C@H]1[C@@H]2C. The van der Waals surface area contributed by atoms with E-state index in [1.807, 2.05) is 0 Å². The van der Waals surface area contributed by atoms with E-state index in [9.17, 15) is 40.9 Å². The molecule has 6 rings (SSSR count). The van der Waals surface area contributed by atoms with Crippen molar-refractivity contribution in [2.75, 3.05) is 6.61 Å². The van der Waals surface area contributed by atoms with E-state index < -0.39 is 71.4 Å². The molecule has 2 saturated heterocycles. The number of ether oxygens (including phenoxy) is 2. The van der Waals surface area contributed by atoms with Crippen LogP contribution in [-0.4, -0.2) is 108 Å². The van der Waals surface area contributed by atoms with Crippen LogP contribution in [0.25, 0.3) is 0 Å². The van der Waals surface area contributed by atoms with Crippen LogP contribution in [0.4, 0.5) is 0 Å². The van der Waals surface area contributed by atoms with E-state index >= 15 is 0 Å². The second-order valence-electron chi connectivity index (χ2n) is 13.4. The summed E-state index contributed by atoms with van der Waals surface area (Å²) >= 11 is 0. The van der Waals surface area contributed by atoms with Gasteiger partial charge < -0.3 is 50.3 Å². The zero-order chi connectivity index (χ0) is 27.0. The van der Waals surface area contributed by atoms with Gasteiger partial charge >= 0.3 is 0 Å². The van der Waals surface area contributed by atoms with Crippen molar-refractivity contribution in [2.24, 2.45) is 40.4 Å². The number of aliphatic hydroxyl groups is 8. The molecule has 210 valence electrons. The number of rotatable bonds is 0. The summed E-state index contributed by atoms with van der Waals surface area (Å²) < 4.78 is 12.7. The van der Waals surface area contributed by atoms with Gasteiger partial charge in [-0.2, -0.15) is 0 Å². The Hall–Kier alpha value is -0.660. The lowest BCUT2D eigenvalue weighted by Crippen LogP contribution is -2.83. The highest BCUT2D eigenvalue weighted by atomic mass is 16.7. The second-order valence-corrected chi connectivity index (χ2v) is 13.4. The molecule has 8 N–H and O–H groups in total. The Bertz CT molecular complexity index is 977. The van der Waals surface area contributed by atoms with Crippen LogP contribution in [0.3, 0.4) is 0 Å². The molecule has 0 aromatic carbocycles. The van der Waals surface area contributed by atoms with Gasteiger partial charge in [0, 0.05) is 17.8 Å². The van der Waals surface area contributed by atoms with Crippen molar-refractivity contribution in [1.29, 1.82) is 0 Å². The molecule has 1 spiro atoms. The van der Waals surface area contributed by atoms with Gasteiger partial charge in [-0.15, -0.1) is 0 Å². The maximum Gasteiger partial charge on any atom is 0.174 e. The van der Waals surface area contributed by atoms with Crippen molar-refractivity contribution in [3.63, 3.8) is 0 Å². The Morgan fingerprint density at radius 2 is 1.51 bits per heavy atom. The maximum absolute atomic E-state index is 11.7. The molecule has 0 amide bonds. The van der Waals surface area contributed by atoms with E-state index in [1.54, 1.807) is 6.92 Å². The number of hydrogen-bond acceptors (Lipinski definition) is 10. The molecular formula is C27H42O10. The fraction of sp³-hybridized carbons (Fsp3) is 0.926. The largest absolute Gasteiger partial charge is 0.390 e. The quantitative estimate of drug-likeness (QED) is 0.176. The van der Waals surface area contributed by atoms with Gasteiger partial charge in [-0.1, -0.05) is 27.4 Å². The normalized spacial score (nSPS) is 65.2. The Balaban J connectivity index is 1.37. The molecule has 10 heteroatoms. The zero-order valence-corrected chi connectivity index (χ0v) is 21.6. The molecule has 4 aliphatic carbocycles. The van der Waals surface area contributed by atoms with Crippen molar-refractivity contribution in [1.82, 2.24) is 0 Å². The zero-order valence-electron chi connectivity index (χ0n) is 21.6. The fourth-order valence-corrected chi connectivity index (χ4v) is 10.3. The minimum atomic E-state index is -2.42. The first kappa shape index (κ1) is 26.6. The van der Waals surface area contributed by atoms with Gasteiger partial charge in [0.15, 0.2) is 5.79 Å². The first-order valence-electron chi connectivity index (χ1n) is 13.6. The molecule has 37 heavy (non-hydrogen) atoms. The minimum Gasteiger partial charge on any atom is -0.390 e. The van der Waals surface area contributed by atoms with Crippen molar-refractivity contribution >= 4 is 0 Å². The van der Waals surface area contributed by atoms with Gasteiger partial charge in [-0.25, -0.2) is 0 Å². The Labute approximate surface area is 216 Å². The van der Waals surface area contributed by atoms with Crippen LogP contribution < -0.4 is 0 Å². The van der Waals surface area contributed by atoms with Crippen LogP contribution >= 0.6 is 0 Å². The monoisotopic (exact) mass is 526 g/mol. The topological polar surface area (TPSA) is 180 Å². The van der Waals surface area contributed by atoms with Gasteiger partial charge in [-0.05, 0) is 53.9 Å². The molecule has 2 aliphatic heterocycles. The van der Waals surface area contributed by atoms with Gasteiger partial charge in [-0.3, -0.25) is 0 Å². The van der Waals surface area contributed by atoms with Crippen LogP contribution in [0.15, 0.2) is 12.2 Å². The van der Waals surface area contributed by atoms with E-state index in [4.69, 9.17) is 9.47 Å². The minimum absolute atomic E-state index is 0.0518. The standard InChI is InChI=1S/C27H42O10/c1-10-9-36-26(8-14(10)28)11(2)17-15(37-26)7-13-16-12(5-6-24(13,17)3)25(4)21(32)19(30)20(31)23(34)27(25,35)22(33)18(16)29/h11-23,28-35H,1,5-9H2,2-4H3/t11-,12-,13-,14-,15-,16+,17-,18-,19+,20-,21+,22+,23-,24-,25-,26+,27-/m0/s1. The summed E-state index contributed by atoms with van der Waals surface area (Å²) in [7, 11) is 0. The third-order valence-corrected chi connectivity index (χ3v) is 12.3. The smallest absolute Gasteiger partial charge is 0.174 e. The molecule has 0 aromatic heterocycles. The van der Waals surface area contributed by atoms with Crippen LogP contribution in [0.1, 0.15) is 46.5 Å². The van der Waals surface area contributed by atoms with E-state index in [-0.39, 0.29) is 35.9 Å². The number of aliphatic hydroxyl groups excluding tert-OH is 7. The maximum atomic E-state index is 11.7. The summed E-state index contributed by atoms with van der Waals surface area (Å²) in [5.41, 5.74) is -3.70. The molecule has 0 aromatic rings. The molecule has 0 radical (unpaired) electrons. The first-order valence-corrected chi connectivity index (χ1v) is 13.6.